The molecule has 0 bridgehead atoms. The van der Waals surface area contributed by atoms with E-state index in [9.17, 15) is 4.79 Å². The van der Waals surface area contributed by atoms with Crippen LogP contribution in [0.3, 0.4) is 0 Å². The molecular weight excluding hydrogens is 304 g/mol. The molecule has 0 aromatic heterocycles. The van der Waals surface area contributed by atoms with Crippen LogP contribution in [-0.2, 0) is 9.53 Å². The number of nitrogens with zero attached hydrogens (tertiary/aromatic N) is 1. The number of hydrogen-bond donors (Lipinski definition) is 1. The highest BCUT2D eigenvalue weighted by molar-refractivity contribution is 8.01. The van der Waals surface area contributed by atoms with Crippen molar-refractivity contribution >= 4 is 34.9 Å². The second-order valence-electron chi connectivity index (χ2n) is 6.10. The van der Waals surface area contributed by atoms with Crippen molar-refractivity contribution in [3.8, 4) is 0 Å². The number of hydrogen-bond acceptors (Lipinski definition) is 4. The number of amides is 1. The van der Waals surface area contributed by atoms with Crippen LogP contribution < -0.4 is 5.32 Å². The van der Waals surface area contributed by atoms with Crippen LogP contribution in [0.2, 0.25) is 0 Å². The molecule has 0 saturated carbocycles. The fraction of sp³-hybridized carbons (Fsp3) is 0.867. The highest BCUT2D eigenvalue weighted by atomic mass is 32.2. The van der Waals surface area contributed by atoms with E-state index in [1.165, 1.54) is 19.8 Å². The summed E-state index contributed by atoms with van der Waals surface area (Å²) in [4.78, 5) is 14.0. The van der Waals surface area contributed by atoms with Crippen LogP contribution in [0.1, 0.15) is 47.0 Å². The van der Waals surface area contributed by atoms with Crippen molar-refractivity contribution in [1.82, 2.24) is 10.2 Å². The molecule has 1 aliphatic rings. The van der Waals surface area contributed by atoms with Gasteiger partial charge in [0.1, 0.15) is 5.44 Å². The number of thioether (sulfide) groups is 1. The van der Waals surface area contributed by atoms with Crippen molar-refractivity contribution in [2.45, 2.75) is 57.1 Å². The molecule has 1 unspecified atom stereocenters. The lowest BCUT2D eigenvalue weighted by molar-refractivity contribution is -0.118. The number of rotatable bonds is 7. The first-order valence-electron chi connectivity index (χ1n) is 7.59. The molecule has 1 amide bonds. The van der Waals surface area contributed by atoms with Crippen LogP contribution in [0.5, 0.6) is 0 Å². The third-order valence-corrected chi connectivity index (χ3v) is 5.02. The van der Waals surface area contributed by atoms with Gasteiger partial charge in [0.05, 0.1) is 4.99 Å². The quantitative estimate of drug-likeness (QED) is 0.726. The number of nitrogens with one attached hydrogen (secondary N) is 1. The Morgan fingerprint density at radius 3 is 2.67 bits per heavy atom. The van der Waals surface area contributed by atoms with Gasteiger partial charge in [-0.1, -0.05) is 12.2 Å². The Kier molecular flexibility index (Phi) is 7.98. The summed E-state index contributed by atoms with van der Waals surface area (Å²) in [6.45, 7) is 11.1. The molecule has 0 aromatic rings. The van der Waals surface area contributed by atoms with Crippen LogP contribution >= 0.6 is 24.0 Å². The third-order valence-electron chi connectivity index (χ3n) is 3.36. The molecule has 1 N–H and O–H groups in total. The number of ether oxygens (including phenoxy) is 1. The van der Waals surface area contributed by atoms with Gasteiger partial charge in [0, 0.05) is 37.9 Å². The molecule has 1 fully saturated rings. The predicted molar refractivity (Wildman–Crippen MR) is 93.8 cm³/mol. The van der Waals surface area contributed by atoms with E-state index in [4.69, 9.17) is 17.0 Å². The van der Waals surface area contributed by atoms with Gasteiger partial charge in [-0.05, 0) is 40.0 Å². The zero-order valence-electron chi connectivity index (χ0n) is 13.6. The highest BCUT2D eigenvalue weighted by Gasteiger charge is 2.28. The molecule has 122 valence electrons. The van der Waals surface area contributed by atoms with Crippen LogP contribution in [0, 0.1) is 0 Å². The Balaban J connectivity index is 2.46. The van der Waals surface area contributed by atoms with Crippen LogP contribution in [0.15, 0.2) is 0 Å². The number of carbonyl (C=O) groups is 1. The van der Waals surface area contributed by atoms with Crippen molar-refractivity contribution in [2.24, 2.45) is 0 Å². The van der Waals surface area contributed by atoms with Gasteiger partial charge in [0.25, 0.3) is 0 Å². The summed E-state index contributed by atoms with van der Waals surface area (Å²) >= 11 is 7.24. The molecule has 1 rings (SSSR count). The normalized spacial score (nSPS) is 19.1. The SMILES string of the molecule is CC(=O)NCCN(CC(C)(C)SC1CCCCO1)C(C)=S. The summed E-state index contributed by atoms with van der Waals surface area (Å²) < 4.78 is 5.89. The fourth-order valence-electron chi connectivity index (χ4n) is 2.37. The third kappa shape index (κ3) is 8.02. The summed E-state index contributed by atoms with van der Waals surface area (Å²) in [6, 6.07) is 0. The first-order chi connectivity index (χ1) is 9.80. The molecule has 4 nitrogen and oxygen atoms in total. The molecular formula is C15H28N2O2S2. The average molecular weight is 333 g/mol. The summed E-state index contributed by atoms with van der Waals surface area (Å²) in [5.74, 6) is 0.00112. The minimum atomic E-state index is 0.00112. The van der Waals surface area contributed by atoms with Crippen molar-refractivity contribution in [1.29, 1.82) is 0 Å². The van der Waals surface area contributed by atoms with Crippen molar-refractivity contribution in [2.75, 3.05) is 26.2 Å². The first kappa shape index (κ1) is 18.7. The average Bonchev–Trinajstić information content (AvgIpc) is 2.37. The van der Waals surface area contributed by atoms with Gasteiger partial charge in [-0.3, -0.25) is 4.79 Å². The molecule has 1 saturated heterocycles. The second kappa shape index (κ2) is 8.96. The minimum absolute atomic E-state index is 0.00112. The highest BCUT2D eigenvalue weighted by Crippen LogP contribution is 2.34. The van der Waals surface area contributed by atoms with E-state index < -0.39 is 0 Å². The lowest BCUT2D eigenvalue weighted by Gasteiger charge is -2.36. The van der Waals surface area contributed by atoms with E-state index in [0.717, 1.165) is 31.1 Å². The predicted octanol–water partition coefficient (Wildman–Crippen LogP) is 2.81. The molecule has 6 heteroatoms. The summed E-state index contributed by atoms with van der Waals surface area (Å²) in [7, 11) is 0. The lowest BCUT2D eigenvalue weighted by Crippen LogP contribution is -2.43. The Morgan fingerprint density at radius 1 is 1.43 bits per heavy atom. The lowest BCUT2D eigenvalue weighted by atomic mass is 10.2. The Bertz CT molecular complexity index is 356. The minimum Gasteiger partial charge on any atom is -0.368 e. The van der Waals surface area contributed by atoms with E-state index >= 15 is 0 Å². The number of carbonyl (C=O) groups excluding carboxylic acids is 1. The molecule has 0 radical (unpaired) electrons. The molecule has 0 aromatic carbocycles. The van der Waals surface area contributed by atoms with Gasteiger partial charge in [0.2, 0.25) is 5.91 Å². The summed E-state index contributed by atoms with van der Waals surface area (Å²) in [6.07, 6.45) is 3.57. The van der Waals surface area contributed by atoms with Gasteiger partial charge in [-0.15, -0.1) is 11.8 Å². The summed E-state index contributed by atoms with van der Waals surface area (Å²) in [5.41, 5.74) is 0.302. The van der Waals surface area contributed by atoms with E-state index in [2.05, 4.69) is 24.1 Å². The zero-order valence-corrected chi connectivity index (χ0v) is 15.2. The second-order valence-corrected chi connectivity index (χ2v) is 8.55. The molecule has 21 heavy (non-hydrogen) atoms. The van der Waals surface area contributed by atoms with Gasteiger partial charge < -0.3 is 15.0 Å². The molecule has 1 heterocycles. The van der Waals surface area contributed by atoms with Gasteiger partial charge >= 0.3 is 0 Å². The van der Waals surface area contributed by atoms with E-state index in [1.54, 1.807) is 0 Å². The number of thiocarbonyl (C=S) groups is 1. The van der Waals surface area contributed by atoms with Gasteiger partial charge in [-0.2, -0.15) is 0 Å². The van der Waals surface area contributed by atoms with Crippen LogP contribution in [-0.4, -0.2) is 52.2 Å². The van der Waals surface area contributed by atoms with Crippen molar-refractivity contribution < 1.29 is 9.53 Å². The van der Waals surface area contributed by atoms with E-state index in [0.29, 0.717) is 12.0 Å². The Hall–Kier alpha value is -0.330. The van der Waals surface area contributed by atoms with Crippen molar-refractivity contribution in [3.05, 3.63) is 0 Å². The van der Waals surface area contributed by atoms with E-state index in [1.807, 2.05) is 18.7 Å². The Morgan fingerprint density at radius 2 is 2.14 bits per heavy atom. The smallest absolute Gasteiger partial charge is 0.216 e. The molecule has 0 aliphatic carbocycles. The van der Waals surface area contributed by atoms with Crippen molar-refractivity contribution in [3.63, 3.8) is 0 Å². The zero-order chi connectivity index (χ0) is 15.9. The molecule has 1 atom stereocenters. The van der Waals surface area contributed by atoms with Crippen LogP contribution in [0.4, 0.5) is 0 Å². The van der Waals surface area contributed by atoms with Gasteiger partial charge in [-0.25, -0.2) is 0 Å². The maximum absolute atomic E-state index is 11.0. The topological polar surface area (TPSA) is 41.6 Å². The monoisotopic (exact) mass is 332 g/mol. The van der Waals surface area contributed by atoms with Crippen LogP contribution in [0.25, 0.3) is 0 Å². The Labute approximate surface area is 138 Å². The summed E-state index contributed by atoms with van der Waals surface area (Å²) in [5, 5.41) is 2.83. The fourth-order valence-corrected chi connectivity index (χ4v) is 3.92. The maximum atomic E-state index is 11.0. The largest absolute Gasteiger partial charge is 0.368 e. The standard InChI is InChI=1S/C15H28N2O2S2/c1-12(18)16-8-9-17(13(2)20)11-15(3,4)21-14-7-5-6-10-19-14/h14H,5-11H2,1-4H3,(H,16,18). The molecule has 0 spiro atoms. The maximum Gasteiger partial charge on any atom is 0.216 e. The molecule has 1 aliphatic heterocycles. The van der Waals surface area contributed by atoms with E-state index in [-0.39, 0.29) is 10.7 Å². The first-order valence-corrected chi connectivity index (χ1v) is 8.88. The van der Waals surface area contributed by atoms with Gasteiger partial charge in [0.15, 0.2) is 0 Å².